The molecule has 2 aliphatic heterocycles. The number of benzene rings is 3. The van der Waals surface area contributed by atoms with Gasteiger partial charge in [0.15, 0.2) is 0 Å². The Balaban J connectivity index is 1.17. The first-order valence-electron chi connectivity index (χ1n) is 14.7. The van der Waals surface area contributed by atoms with Crippen LogP contribution in [0.25, 0.3) is 11.1 Å². The van der Waals surface area contributed by atoms with E-state index in [9.17, 15) is 19.5 Å². The Morgan fingerprint density at radius 2 is 1.45 bits per heavy atom. The van der Waals surface area contributed by atoms with E-state index in [-0.39, 0.29) is 37.1 Å². The smallest absolute Gasteiger partial charge is 0.407 e. The molecule has 0 aromatic heterocycles. The minimum atomic E-state index is -0.978. The minimum absolute atomic E-state index is 0.102. The molecule has 2 N–H and O–H groups in total. The summed E-state index contributed by atoms with van der Waals surface area (Å²) in [7, 11) is 0. The van der Waals surface area contributed by atoms with Crippen LogP contribution in [-0.4, -0.2) is 58.8 Å². The maximum atomic E-state index is 14.0. The number of nitrogens with zero attached hydrogens (tertiary/aromatic N) is 1. The first kappa shape index (κ1) is 28.0. The monoisotopic (exact) mass is 568 g/mol. The lowest BCUT2D eigenvalue weighted by Gasteiger charge is -2.40. The number of amides is 2. The van der Waals surface area contributed by atoms with Gasteiger partial charge < -0.3 is 24.8 Å². The second-order valence-corrected chi connectivity index (χ2v) is 11.6. The predicted octanol–water partition coefficient (Wildman–Crippen LogP) is 5.35. The summed E-state index contributed by atoms with van der Waals surface area (Å²) in [6.45, 7) is 2.20. The average Bonchev–Trinajstić information content (AvgIpc) is 3.47. The van der Waals surface area contributed by atoms with Gasteiger partial charge in [-0.15, -0.1) is 0 Å². The van der Waals surface area contributed by atoms with Gasteiger partial charge in [-0.1, -0.05) is 78.9 Å². The summed E-state index contributed by atoms with van der Waals surface area (Å²) in [5.74, 6) is -1.62. The number of hydrogen-bond acceptors (Lipinski definition) is 5. The van der Waals surface area contributed by atoms with Crippen molar-refractivity contribution in [2.45, 2.75) is 69.4 Å². The highest BCUT2D eigenvalue weighted by molar-refractivity contribution is 5.87. The Bertz CT molecular complexity index is 1400. The van der Waals surface area contributed by atoms with Crippen LogP contribution in [0.4, 0.5) is 4.79 Å². The zero-order chi connectivity index (χ0) is 29.2. The third kappa shape index (κ3) is 5.51. The Morgan fingerprint density at radius 3 is 2.05 bits per heavy atom. The van der Waals surface area contributed by atoms with E-state index in [4.69, 9.17) is 9.47 Å². The van der Waals surface area contributed by atoms with E-state index in [2.05, 4.69) is 29.6 Å². The largest absolute Gasteiger partial charge is 0.481 e. The van der Waals surface area contributed by atoms with E-state index >= 15 is 0 Å². The molecule has 2 bridgehead atoms. The fourth-order valence-corrected chi connectivity index (χ4v) is 6.94. The van der Waals surface area contributed by atoms with Crippen molar-refractivity contribution in [2.24, 2.45) is 5.92 Å². The third-order valence-electron chi connectivity index (χ3n) is 9.05. The van der Waals surface area contributed by atoms with E-state index < -0.39 is 30.1 Å². The normalized spacial score (nSPS) is 22.1. The van der Waals surface area contributed by atoms with Crippen LogP contribution in [0.15, 0.2) is 78.9 Å². The molecule has 8 heteroatoms. The molecular weight excluding hydrogens is 532 g/mol. The van der Waals surface area contributed by atoms with Crippen LogP contribution in [0, 0.1) is 5.92 Å². The molecule has 2 saturated heterocycles. The van der Waals surface area contributed by atoms with Gasteiger partial charge >= 0.3 is 12.1 Å². The maximum Gasteiger partial charge on any atom is 0.407 e. The number of piperidine rings is 1. The Hall–Kier alpha value is -4.17. The highest BCUT2D eigenvalue weighted by Gasteiger charge is 2.48. The summed E-state index contributed by atoms with van der Waals surface area (Å²) in [5.41, 5.74) is 5.45. The number of aliphatic carboxylic acids is 1. The first-order valence-corrected chi connectivity index (χ1v) is 14.7. The van der Waals surface area contributed by atoms with Crippen molar-refractivity contribution < 1.29 is 29.0 Å². The topological polar surface area (TPSA) is 105 Å². The van der Waals surface area contributed by atoms with Gasteiger partial charge in [0.25, 0.3) is 0 Å². The van der Waals surface area contributed by atoms with Crippen LogP contribution in [0.3, 0.4) is 0 Å². The zero-order valence-electron chi connectivity index (χ0n) is 23.6. The highest BCUT2D eigenvalue weighted by Crippen LogP contribution is 2.44. The highest BCUT2D eigenvalue weighted by atomic mass is 16.5. The Morgan fingerprint density at radius 1 is 0.881 bits per heavy atom. The Labute approximate surface area is 245 Å². The number of carbonyl (C=O) groups is 3. The number of rotatable bonds is 9. The van der Waals surface area contributed by atoms with E-state index in [1.807, 2.05) is 54.6 Å². The molecule has 42 heavy (non-hydrogen) atoms. The van der Waals surface area contributed by atoms with E-state index in [1.54, 1.807) is 11.8 Å². The van der Waals surface area contributed by atoms with Gasteiger partial charge in [0.1, 0.15) is 12.6 Å². The number of fused-ring (bicyclic) bond motifs is 5. The molecule has 2 unspecified atom stereocenters. The summed E-state index contributed by atoms with van der Waals surface area (Å²) in [6, 6.07) is 24.6. The van der Waals surface area contributed by atoms with E-state index in [0.717, 1.165) is 40.7 Å². The van der Waals surface area contributed by atoms with Gasteiger partial charge in [0, 0.05) is 18.0 Å². The summed E-state index contributed by atoms with van der Waals surface area (Å²) < 4.78 is 11.9. The molecule has 6 rings (SSSR count). The van der Waals surface area contributed by atoms with Crippen LogP contribution in [-0.2, 0) is 25.7 Å². The molecular formula is C34H36N2O6. The molecule has 2 fully saturated rings. The van der Waals surface area contributed by atoms with Crippen LogP contribution in [0.1, 0.15) is 55.2 Å². The molecule has 8 nitrogen and oxygen atoms in total. The summed E-state index contributed by atoms with van der Waals surface area (Å²) >= 11 is 0. The number of carboxylic acid groups (broad SMARTS) is 1. The van der Waals surface area contributed by atoms with Crippen molar-refractivity contribution >= 4 is 18.0 Å². The van der Waals surface area contributed by atoms with Gasteiger partial charge in [-0.3, -0.25) is 9.59 Å². The number of carbonyl (C=O) groups excluding carboxylic acids is 2. The van der Waals surface area contributed by atoms with Gasteiger partial charge in [-0.25, -0.2) is 4.79 Å². The van der Waals surface area contributed by atoms with Gasteiger partial charge in [0.05, 0.1) is 18.6 Å². The number of ether oxygens (including phenoxy) is 2. The second-order valence-electron chi connectivity index (χ2n) is 11.6. The van der Waals surface area contributed by atoms with Crippen LogP contribution in [0.5, 0.6) is 0 Å². The van der Waals surface area contributed by atoms with Crippen molar-refractivity contribution in [3.63, 3.8) is 0 Å². The number of hydrogen-bond donors (Lipinski definition) is 2. The molecule has 1 aliphatic carbocycles. The Kier molecular flexibility index (Phi) is 7.98. The molecule has 0 spiro atoms. The fraction of sp³-hybridized carbons (Fsp3) is 0.382. The number of nitrogens with one attached hydrogen (secondary N) is 1. The molecule has 0 radical (unpaired) electrons. The lowest BCUT2D eigenvalue weighted by atomic mass is 9.90. The number of alkyl carbamates (subject to hydrolysis) is 1. The minimum Gasteiger partial charge on any atom is -0.481 e. The van der Waals surface area contributed by atoms with Gasteiger partial charge in [0.2, 0.25) is 5.91 Å². The van der Waals surface area contributed by atoms with Crippen molar-refractivity contribution in [1.29, 1.82) is 0 Å². The van der Waals surface area contributed by atoms with Crippen molar-refractivity contribution in [3.8, 4) is 11.1 Å². The SMILES string of the molecule is C[C@H](OCc1ccccc1)[C@@H](NC(=O)OCC1c2ccccc2-c2ccccc21)C(=O)N1C2CCC1CC(C(=O)O)C2. The molecule has 218 valence electrons. The fourth-order valence-electron chi connectivity index (χ4n) is 6.94. The molecule has 2 amide bonds. The van der Waals surface area contributed by atoms with E-state index in [1.165, 1.54) is 0 Å². The third-order valence-corrected chi connectivity index (χ3v) is 9.05. The molecule has 0 saturated carbocycles. The van der Waals surface area contributed by atoms with Crippen LogP contribution in [0.2, 0.25) is 0 Å². The lowest BCUT2D eigenvalue weighted by molar-refractivity contribution is -0.150. The van der Waals surface area contributed by atoms with Gasteiger partial charge in [-0.2, -0.15) is 0 Å². The summed E-state index contributed by atoms with van der Waals surface area (Å²) in [4.78, 5) is 40.8. The van der Waals surface area contributed by atoms with Crippen molar-refractivity contribution in [2.75, 3.05) is 6.61 Å². The van der Waals surface area contributed by atoms with Crippen LogP contribution >= 0.6 is 0 Å². The van der Waals surface area contributed by atoms with Crippen molar-refractivity contribution in [3.05, 3.63) is 95.6 Å². The lowest BCUT2D eigenvalue weighted by Crippen LogP contribution is -2.59. The predicted molar refractivity (Wildman–Crippen MR) is 157 cm³/mol. The van der Waals surface area contributed by atoms with Crippen LogP contribution < -0.4 is 5.32 Å². The standard InChI is InChI=1S/C34H36N2O6/c1-21(41-19-22-9-3-2-4-10-22)31(32(37)36-24-15-16-25(36)18-23(17-24)33(38)39)35-34(40)42-20-30-28-13-7-5-11-26(28)27-12-6-8-14-29(27)30/h2-14,21,23-25,30-31H,15-20H2,1H3,(H,35,40)(H,38,39)/t21-,23?,24?,25?,31+/m0/s1. The molecule has 2 heterocycles. The summed E-state index contributed by atoms with van der Waals surface area (Å²) in [6.07, 6.45) is 1.05. The molecule has 3 aliphatic rings. The average molecular weight is 569 g/mol. The second kappa shape index (κ2) is 12.0. The molecule has 4 atom stereocenters. The maximum absolute atomic E-state index is 14.0. The van der Waals surface area contributed by atoms with Gasteiger partial charge in [-0.05, 0) is 60.4 Å². The van der Waals surface area contributed by atoms with Crippen molar-refractivity contribution in [1.82, 2.24) is 10.2 Å². The first-order chi connectivity index (χ1) is 20.4. The van der Waals surface area contributed by atoms with E-state index in [0.29, 0.717) is 12.8 Å². The molecule has 3 aromatic rings. The summed E-state index contributed by atoms with van der Waals surface area (Å²) in [5, 5.41) is 12.4. The number of carboxylic acids is 1. The zero-order valence-corrected chi connectivity index (χ0v) is 23.6. The quantitative estimate of drug-likeness (QED) is 0.361. The molecule has 3 aromatic carbocycles.